The Bertz CT molecular complexity index is 778. The van der Waals surface area contributed by atoms with E-state index >= 15 is 0 Å². The zero-order valence-corrected chi connectivity index (χ0v) is 15.3. The summed E-state index contributed by atoms with van der Waals surface area (Å²) in [5, 5.41) is 4.88. The quantitative estimate of drug-likeness (QED) is 0.739. The minimum absolute atomic E-state index is 0.0758. The van der Waals surface area contributed by atoms with Gasteiger partial charge in [-0.05, 0) is 23.6 Å². The molecular formula is C20H21F3N2O3. The van der Waals surface area contributed by atoms with E-state index in [0.717, 1.165) is 16.7 Å². The lowest BCUT2D eigenvalue weighted by molar-refractivity contribution is -0.160. The molecule has 2 aromatic carbocycles. The summed E-state index contributed by atoms with van der Waals surface area (Å²) < 4.78 is 39.7. The normalized spacial score (nSPS) is 12.1. The van der Waals surface area contributed by atoms with Crippen LogP contribution in [0, 0.1) is 0 Å². The van der Waals surface area contributed by atoms with Crippen LogP contribution in [0.1, 0.15) is 24.9 Å². The molecule has 0 saturated carbocycles. The lowest BCUT2D eigenvalue weighted by Gasteiger charge is -2.15. The van der Waals surface area contributed by atoms with E-state index in [4.69, 9.17) is 0 Å². The first-order valence-corrected chi connectivity index (χ1v) is 8.67. The van der Waals surface area contributed by atoms with Gasteiger partial charge < -0.3 is 15.4 Å². The average Bonchev–Trinajstić information content (AvgIpc) is 2.66. The van der Waals surface area contributed by atoms with Gasteiger partial charge in [-0.2, -0.15) is 13.2 Å². The number of benzene rings is 2. The minimum Gasteiger partial charge on any atom is -0.440 e. The van der Waals surface area contributed by atoms with Crippen molar-refractivity contribution < 1.29 is 27.5 Å². The fourth-order valence-electron chi connectivity index (χ4n) is 2.47. The molecule has 0 spiro atoms. The van der Waals surface area contributed by atoms with Crippen LogP contribution >= 0.6 is 0 Å². The van der Waals surface area contributed by atoms with Gasteiger partial charge in [0, 0.05) is 13.0 Å². The summed E-state index contributed by atoms with van der Waals surface area (Å²) in [7, 11) is 0. The lowest BCUT2D eigenvalue weighted by atomic mass is 10.0. The summed E-state index contributed by atoms with van der Waals surface area (Å²) in [6.07, 6.45) is -5.87. The number of halogens is 3. The van der Waals surface area contributed by atoms with Gasteiger partial charge in [0.25, 0.3) is 0 Å². The standard InChI is InChI=1S/C20H21F3N2O3/c1-14(15-7-9-17(10-8-15)16-5-3-2-4-6-16)25-18(26)11-12-24-19(27)28-13-20(21,22)23/h2-10,14H,11-13H2,1H3,(H,24,27)(H,25,26). The molecule has 150 valence electrons. The predicted octanol–water partition coefficient (Wildman–Crippen LogP) is 4.21. The average molecular weight is 394 g/mol. The van der Waals surface area contributed by atoms with E-state index in [0.29, 0.717) is 0 Å². The number of amides is 2. The maximum Gasteiger partial charge on any atom is 0.422 e. The van der Waals surface area contributed by atoms with Crippen molar-refractivity contribution >= 4 is 12.0 Å². The molecule has 1 atom stereocenters. The van der Waals surface area contributed by atoms with Crippen LogP contribution in [0.2, 0.25) is 0 Å². The second-order valence-corrected chi connectivity index (χ2v) is 6.15. The summed E-state index contributed by atoms with van der Waals surface area (Å²) in [6.45, 7) is 0.0314. The molecule has 0 aliphatic rings. The van der Waals surface area contributed by atoms with Crippen molar-refractivity contribution in [2.24, 2.45) is 0 Å². The molecule has 28 heavy (non-hydrogen) atoms. The van der Waals surface area contributed by atoms with Crippen LogP contribution in [0.3, 0.4) is 0 Å². The van der Waals surface area contributed by atoms with Gasteiger partial charge in [-0.3, -0.25) is 4.79 Å². The number of hydrogen-bond donors (Lipinski definition) is 2. The van der Waals surface area contributed by atoms with E-state index in [1.165, 1.54) is 0 Å². The van der Waals surface area contributed by atoms with Crippen LogP contribution in [0.4, 0.5) is 18.0 Å². The first-order chi connectivity index (χ1) is 13.2. The Balaban J connectivity index is 1.75. The first-order valence-electron chi connectivity index (χ1n) is 8.67. The summed E-state index contributed by atoms with van der Waals surface area (Å²) in [4.78, 5) is 23.0. The Morgan fingerprint density at radius 3 is 2.21 bits per heavy atom. The molecule has 5 nitrogen and oxygen atoms in total. The molecule has 0 aliphatic heterocycles. The molecule has 0 saturated heterocycles. The van der Waals surface area contributed by atoms with E-state index in [-0.39, 0.29) is 24.9 Å². The van der Waals surface area contributed by atoms with Crippen molar-refractivity contribution in [3.05, 3.63) is 60.2 Å². The zero-order chi connectivity index (χ0) is 20.6. The summed E-state index contributed by atoms with van der Waals surface area (Å²) in [5.41, 5.74) is 3.06. The molecule has 0 radical (unpaired) electrons. The molecule has 2 rings (SSSR count). The highest BCUT2D eigenvalue weighted by atomic mass is 19.4. The number of carbonyl (C=O) groups is 2. The zero-order valence-electron chi connectivity index (χ0n) is 15.3. The molecular weight excluding hydrogens is 373 g/mol. The Hall–Kier alpha value is -3.03. The van der Waals surface area contributed by atoms with Crippen molar-refractivity contribution in [3.63, 3.8) is 0 Å². The highest BCUT2D eigenvalue weighted by Gasteiger charge is 2.29. The number of ether oxygens (including phenoxy) is 1. The highest BCUT2D eigenvalue weighted by Crippen LogP contribution is 2.21. The number of alkyl halides is 3. The van der Waals surface area contributed by atoms with Crippen LogP contribution in [-0.4, -0.2) is 31.3 Å². The lowest BCUT2D eigenvalue weighted by Crippen LogP contribution is -2.33. The molecule has 0 aromatic heterocycles. The molecule has 8 heteroatoms. The van der Waals surface area contributed by atoms with Crippen LogP contribution in [0.15, 0.2) is 54.6 Å². The van der Waals surface area contributed by atoms with Gasteiger partial charge in [0.2, 0.25) is 5.91 Å². The van der Waals surface area contributed by atoms with Crippen LogP contribution in [0.25, 0.3) is 11.1 Å². The Labute approximate surface area is 160 Å². The van der Waals surface area contributed by atoms with E-state index in [9.17, 15) is 22.8 Å². The fourth-order valence-corrected chi connectivity index (χ4v) is 2.47. The third-order valence-electron chi connectivity index (χ3n) is 3.88. The highest BCUT2D eigenvalue weighted by molar-refractivity contribution is 5.77. The summed E-state index contributed by atoms with van der Waals surface area (Å²) in [6, 6.07) is 17.4. The molecule has 1 unspecified atom stereocenters. The second-order valence-electron chi connectivity index (χ2n) is 6.15. The minimum atomic E-state index is -4.58. The predicted molar refractivity (Wildman–Crippen MR) is 98.5 cm³/mol. The first kappa shape index (κ1) is 21.3. The maximum absolute atomic E-state index is 11.9. The Kier molecular flexibility index (Phi) is 7.43. The summed E-state index contributed by atoms with van der Waals surface area (Å²) in [5.74, 6) is -0.337. The molecule has 0 fully saturated rings. The van der Waals surface area contributed by atoms with Gasteiger partial charge in [-0.15, -0.1) is 0 Å². The maximum atomic E-state index is 11.9. The van der Waals surface area contributed by atoms with Crippen molar-refractivity contribution in [3.8, 4) is 11.1 Å². The van der Waals surface area contributed by atoms with Crippen molar-refractivity contribution in [1.82, 2.24) is 10.6 Å². The van der Waals surface area contributed by atoms with Gasteiger partial charge in [0.15, 0.2) is 6.61 Å². The monoisotopic (exact) mass is 394 g/mol. The molecule has 0 bridgehead atoms. The molecule has 2 aromatic rings. The molecule has 2 amide bonds. The molecule has 0 aliphatic carbocycles. The second kappa shape index (κ2) is 9.77. The van der Waals surface area contributed by atoms with Crippen LogP contribution in [0.5, 0.6) is 0 Å². The van der Waals surface area contributed by atoms with Crippen molar-refractivity contribution in [2.45, 2.75) is 25.6 Å². The Morgan fingerprint density at radius 1 is 1.00 bits per heavy atom. The van der Waals surface area contributed by atoms with E-state index in [1.54, 1.807) is 0 Å². The largest absolute Gasteiger partial charge is 0.440 e. The Morgan fingerprint density at radius 2 is 1.61 bits per heavy atom. The van der Waals surface area contributed by atoms with Crippen LogP contribution < -0.4 is 10.6 Å². The third-order valence-corrected chi connectivity index (χ3v) is 3.88. The van der Waals surface area contributed by atoms with Gasteiger partial charge in [-0.1, -0.05) is 54.6 Å². The SMILES string of the molecule is CC(NC(=O)CCNC(=O)OCC(F)(F)F)c1ccc(-c2ccccc2)cc1. The van der Waals surface area contributed by atoms with Crippen molar-refractivity contribution in [1.29, 1.82) is 0 Å². The summed E-state index contributed by atoms with van der Waals surface area (Å²) >= 11 is 0. The van der Waals surface area contributed by atoms with E-state index in [2.05, 4.69) is 15.4 Å². The van der Waals surface area contributed by atoms with Gasteiger partial charge in [0.05, 0.1) is 6.04 Å². The number of hydrogen-bond acceptors (Lipinski definition) is 3. The van der Waals surface area contributed by atoms with E-state index in [1.807, 2.05) is 61.5 Å². The molecule has 2 N–H and O–H groups in total. The van der Waals surface area contributed by atoms with Gasteiger partial charge in [0.1, 0.15) is 0 Å². The van der Waals surface area contributed by atoms with Gasteiger partial charge >= 0.3 is 12.3 Å². The number of rotatable bonds is 7. The van der Waals surface area contributed by atoms with Gasteiger partial charge in [-0.25, -0.2) is 4.79 Å². The number of alkyl carbamates (subject to hydrolysis) is 1. The van der Waals surface area contributed by atoms with Crippen LogP contribution in [-0.2, 0) is 9.53 Å². The number of nitrogens with one attached hydrogen (secondary N) is 2. The topological polar surface area (TPSA) is 67.4 Å². The number of carbonyl (C=O) groups excluding carboxylic acids is 2. The third kappa shape index (κ3) is 7.30. The van der Waals surface area contributed by atoms with E-state index < -0.39 is 18.9 Å². The molecule has 0 heterocycles. The smallest absolute Gasteiger partial charge is 0.422 e. The van der Waals surface area contributed by atoms with Crippen molar-refractivity contribution in [2.75, 3.05) is 13.2 Å². The fraction of sp³-hybridized carbons (Fsp3) is 0.300.